The SMILES string of the molecule is CCNC(=O)Nc1nc2ccc([N+](=O)[O-])c(CC(=O)O)c2s1. The lowest BCUT2D eigenvalue weighted by molar-refractivity contribution is -0.385. The Balaban J connectivity index is 2.48. The molecule has 2 rings (SSSR count). The van der Waals surface area contributed by atoms with Gasteiger partial charge in [-0.2, -0.15) is 0 Å². The van der Waals surface area contributed by atoms with Crippen LogP contribution in [0.15, 0.2) is 12.1 Å². The van der Waals surface area contributed by atoms with E-state index in [1.807, 2.05) is 0 Å². The fraction of sp³-hybridized carbons (Fsp3) is 0.250. The van der Waals surface area contributed by atoms with E-state index in [2.05, 4.69) is 15.6 Å². The van der Waals surface area contributed by atoms with E-state index in [1.165, 1.54) is 12.1 Å². The first kappa shape index (κ1) is 15.6. The summed E-state index contributed by atoms with van der Waals surface area (Å²) in [5.74, 6) is -1.18. The molecule has 1 aromatic heterocycles. The molecule has 2 aromatic rings. The number of rotatable bonds is 5. The van der Waals surface area contributed by atoms with Gasteiger partial charge in [0.05, 0.1) is 27.1 Å². The van der Waals surface area contributed by atoms with E-state index in [1.54, 1.807) is 6.92 Å². The van der Waals surface area contributed by atoms with E-state index in [9.17, 15) is 19.7 Å². The van der Waals surface area contributed by atoms with Gasteiger partial charge >= 0.3 is 12.0 Å². The van der Waals surface area contributed by atoms with Gasteiger partial charge in [0.1, 0.15) is 0 Å². The van der Waals surface area contributed by atoms with Crippen LogP contribution >= 0.6 is 11.3 Å². The number of nitrogens with zero attached hydrogens (tertiary/aromatic N) is 2. The third kappa shape index (κ3) is 3.28. The Morgan fingerprint density at radius 1 is 1.45 bits per heavy atom. The summed E-state index contributed by atoms with van der Waals surface area (Å²) in [6.45, 7) is 2.19. The first-order chi connectivity index (χ1) is 10.4. The molecule has 0 saturated heterocycles. The zero-order chi connectivity index (χ0) is 16.3. The lowest BCUT2D eigenvalue weighted by Crippen LogP contribution is -2.28. The minimum atomic E-state index is -1.18. The largest absolute Gasteiger partial charge is 0.481 e. The fourth-order valence-electron chi connectivity index (χ4n) is 1.88. The van der Waals surface area contributed by atoms with Crippen LogP contribution in [0.1, 0.15) is 12.5 Å². The normalized spacial score (nSPS) is 10.4. The van der Waals surface area contributed by atoms with Gasteiger partial charge in [0, 0.05) is 12.6 Å². The summed E-state index contributed by atoms with van der Waals surface area (Å²) in [5.41, 5.74) is 0.207. The zero-order valence-corrected chi connectivity index (χ0v) is 12.3. The molecule has 1 heterocycles. The van der Waals surface area contributed by atoms with Crippen LogP contribution in [0.5, 0.6) is 0 Å². The van der Waals surface area contributed by atoms with Crippen molar-refractivity contribution in [2.24, 2.45) is 0 Å². The molecule has 10 heteroatoms. The highest BCUT2D eigenvalue weighted by atomic mass is 32.1. The van der Waals surface area contributed by atoms with Crippen LogP contribution in [0.4, 0.5) is 15.6 Å². The third-order valence-corrected chi connectivity index (χ3v) is 3.76. The number of nitrogens with one attached hydrogen (secondary N) is 2. The number of nitro benzene ring substituents is 1. The number of nitro groups is 1. The topological polar surface area (TPSA) is 134 Å². The summed E-state index contributed by atoms with van der Waals surface area (Å²) in [7, 11) is 0. The van der Waals surface area contributed by atoms with Gasteiger partial charge in [0.2, 0.25) is 0 Å². The molecule has 0 aliphatic rings. The number of anilines is 1. The van der Waals surface area contributed by atoms with Gasteiger partial charge in [0.25, 0.3) is 5.69 Å². The maximum atomic E-state index is 11.5. The van der Waals surface area contributed by atoms with E-state index >= 15 is 0 Å². The molecule has 3 N–H and O–H groups in total. The molecule has 0 bridgehead atoms. The maximum Gasteiger partial charge on any atom is 0.321 e. The van der Waals surface area contributed by atoms with Crippen LogP contribution in [-0.2, 0) is 11.2 Å². The van der Waals surface area contributed by atoms with Gasteiger partial charge in [0.15, 0.2) is 5.13 Å². The summed E-state index contributed by atoms with van der Waals surface area (Å²) in [6.07, 6.45) is -0.490. The second-order valence-electron chi connectivity index (χ2n) is 4.24. The van der Waals surface area contributed by atoms with Crippen LogP contribution < -0.4 is 10.6 Å². The lowest BCUT2D eigenvalue weighted by atomic mass is 10.1. The molecule has 0 unspecified atom stereocenters. The number of urea groups is 1. The number of fused-ring (bicyclic) bond motifs is 1. The molecule has 0 aliphatic carbocycles. The van der Waals surface area contributed by atoms with E-state index in [4.69, 9.17) is 5.11 Å². The molecule has 0 spiro atoms. The van der Waals surface area contributed by atoms with Crippen molar-refractivity contribution in [3.8, 4) is 0 Å². The zero-order valence-electron chi connectivity index (χ0n) is 11.5. The molecule has 0 saturated carbocycles. The number of carboxylic acid groups (broad SMARTS) is 1. The van der Waals surface area contributed by atoms with Crippen molar-refractivity contribution in [1.29, 1.82) is 0 Å². The lowest BCUT2D eigenvalue weighted by Gasteiger charge is -2.01. The van der Waals surface area contributed by atoms with Crippen LogP contribution in [0.3, 0.4) is 0 Å². The predicted octanol–water partition coefficient (Wildman–Crippen LogP) is 1.97. The monoisotopic (exact) mass is 324 g/mol. The van der Waals surface area contributed by atoms with Crippen molar-refractivity contribution < 1.29 is 19.6 Å². The van der Waals surface area contributed by atoms with Crippen molar-refractivity contribution in [2.75, 3.05) is 11.9 Å². The van der Waals surface area contributed by atoms with Crippen molar-refractivity contribution in [1.82, 2.24) is 10.3 Å². The summed E-state index contributed by atoms with van der Waals surface area (Å²) in [6, 6.07) is 2.20. The third-order valence-electron chi connectivity index (χ3n) is 2.72. The molecular weight excluding hydrogens is 312 g/mol. The average molecular weight is 324 g/mol. The smallest absolute Gasteiger partial charge is 0.321 e. The van der Waals surface area contributed by atoms with Gasteiger partial charge in [-0.1, -0.05) is 11.3 Å². The summed E-state index contributed by atoms with van der Waals surface area (Å²) >= 11 is 1.00. The number of carbonyl (C=O) groups excluding carboxylic acids is 1. The quantitative estimate of drug-likeness (QED) is 0.568. The van der Waals surface area contributed by atoms with Crippen molar-refractivity contribution in [2.45, 2.75) is 13.3 Å². The van der Waals surface area contributed by atoms with Gasteiger partial charge < -0.3 is 10.4 Å². The van der Waals surface area contributed by atoms with Crippen LogP contribution in [0, 0.1) is 10.1 Å². The molecule has 0 fully saturated rings. The number of carbonyl (C=O) groups is 2. The van der Waals surface area contributed by atoms with Crippen LogP contribution in [-0.4, -0.2) is 33.6 Å². The fourth-order valence-corrected chi connectivity index (χ4v) is 2.88. The Morgan fingerprint density at radius 2 is 2.18 bits per heavy atom. The summed E-state index contributed by atoms with van der Waals surface area (Å²) < 4.78 is 0.378. The maximum absolute atomic E-state index is 11.5. The Hall–Kier alpha value is -2.75. The van der Waals surface area contributed by atoms with Gasteiger partial charge in [-0.25, -0.2) is 9.78 Å². The number of carboxylic acids is 1. The van der Waals surface area contributed by atoms with Crippen molar-refractivity contribution >= 4 is 44.4 Å². The minimum Gasteiger partial charge on any atom is -0.481 e. The summed E-state index contributed by atoms with van der Waals surface area (Å²) in [5, 5.41) is 25.2. The molecule has 0 aliphatic heterocycles. The highest BCUT2D eigenvalue weighted by Crippen LogP contribution is 2.34. The number of aliphatic carboxylic acids is 1. The molecule has 1 aromatic carbocycles. The van der Waals surface area contributed by atoms with Gasteiger partial charge in [-0.3, -0.25) is 20.2 Å². The Morgan fingerprint density at radius 3 is 2.77 bits per heavy atom. The first-order valence-electron chi connectivity index (χ1n) is 6.25. The number of hydrogen-bond donors (Lipinski definition) is 3. The molecule has 9 nitrogen and oxygen atoms in total. The van der Waals surface area contributed by atoms with Crippen molar-refractivity contribution in [3.05, 3.63) is 27.8 Å². The molecule has 0 radical (unpaired) electrons. The second kappa shape index (κ2) is 6.35. The van der Waals surface area contributed by atoms with Crippen LogP contribution in [0.25, 0.3) is 10.2 Å². The first-order valence-corrected chi connectivity index (χ1v) is 7.07. The number of aromatic nitrogens is 1. The Bertz CT molecular complexity index is 757. The molecule has 0 atom stereocenters. The molecule has 116 valence electrons. The minimum absolute atomic E-state index is 0.0800. The van der Waals surface area contributed by atoms with Crippen molar-refractivity contribution in [3.63, 3.8) is 0 Å². The Labute approximate surface area is 128 Å². The number of benzene rings is 1. The molecule has 2 amide bonds. The highest BCUT2D eigenvalue weighted by Gasteiger charge is 2.22. The van der Waals surface area contributed by atoms with E-state index in [0.717, 1.165) is 11.3 Å². The predicted molar refractivity (Wildman–Crippen MR) is 80.3 cm³/mol. The van der Waals surface area contributed by atoms with E-state index in [0.29, 0.717) is 16.8 Å². The van der Waals surface area contributed by atoms with Gasteiger partial charge in [-0.15, -0.1) is 0 Å². The van der Waals surface area contributed by atoms with Gasteiger partial charge in [-0.05, 0) is 13.0 Å². The van der Waals surface area contributed by atoms with E-state index in [-0.39, 0.29) is 16.4 Å². The highest BCUT2D eigenvalue weighted by molar-refractivity contribution is 7.22. The summed E-state index contributed by atoms with van der Waals surface area (Å²) in [4.78, 5) is 36.9. The molecular formula is C12H12N4O5S. The Kier molecular flexibility index (Phi) is 4.51. The number of hydrogen-bond acceptors (Lipinski definition) is 6. The number of thiazole rings is 1. The van der Waals surface area contributed by atoms with E-state index < -0.39 is 23.3 Å². The average Bonchev–Trinajstić information content (AvgIpc) is 2.81. The molecule has 22 heavy (non-hydrogen) atoms. The number of amides is 2. The standard InChI is InChI=1S/C12H12N4O5S/c1-2-13-11(19)15-12-14-7-3-4-8(16(20)21)6(5-9(17)18)10(7)22-12/h3-4H,2,5H2,1H3,(H,17,18)(H2,13,14,15,19). The second-order valence-corrected chi connectivity index (χ2v) is 5.24. The van der Waals surface area contributed by atoms with Crippen LogP contribution in [0.2, 0.25) is 0 Å².